The molecule has 1 rings (SSSR count). The summed E-state index contributed by atoms with van der Waals surface area (Å²) < 4.78 is 0. The van der Waals surface area contributed by atoms with Gasteiger partial charge in [0.05, 0.1) is 0 Å². The van der Waals surface area contributed by atoms with Crippen LogP contribution in [0.2, 0.25) is 0 Å². The summed E-state index contributed by atoms with van der Waals surface area (Å²) in [7, 11) is 0. The maximum Gasteiger partial charge on any atom is -0.00174 e. The Labute approximate surface area is 138 Å². The van der Waals surface area contributed by atoms with Gasteiger partial charge in [-0.2, -0.15) is 0 Å². The summed E-state index contributed by atoms with van der Waals surface area (Å²) in [6.45, 7) is 13.7. The van der Waals surface area contributed by atoms with Crippen molar-refractivity contribution in [3.63, 3.8) is 0 Å². The van der Waals surface area contributed by atoms with Gasteiger partial charge in [-0.1, -0.05) is 13.8 Å². The van der Waals surface area contributed by atoms with Gasteiger partial charge in [-0.25, -0.2) is 0 Å². The van der Waals surface area contributed by atoms with Crippen LogP contribution >= 0.6 is 0 Å². The van der Waals surface area contributed by atoms with Crippen LogP contribution in [0.4, 0.5) is 0 Å². The summed E-state index contributed by atoms with van der Waals surface area (Å²) in [6, 6.07) is 0. The van der Waals surface area contributed by atoms with E-state index in [1.54, 1.807) is 0 Å². The second kappa shape index (κ2) is 14.4. The summed E-state index contributed by atoms with van der Waals surface area (Å²) in [5, 5.41) is 14.1. The lowest BCUT2D eigenvalue weighted by Gasteiger charge is -2.37. The third-order valence-electron chi connectivity index (χ3n) is 4.80. The normalized spacial score (nSPS) is 21.0. The molecule has 0 heterocycles. The third-order valence-corrected chi connectivity index (χ3v) is 4.80. The zero-order valence-corrected chi connectivity index (χ0v) is 15.1. The molecule has 4 nitrogen and oxygen atoms in total. The molecule has 1 saturated carbocycles. The van der Waals surface area contributed by atoms with Crippen LogP contribution in [0.25, 0.3) is 0 Å². The van der Waals surface area contributed by atoms with Crippen molar-refractivity contribution in [3.8, 4) is 0 Å². The summed E-state index contributed by atoms with van der Waals surface area (Å²) in [4.78, 5) is 0. The molecular weight excluding hydrogens is 272 g/mol. The average Bonchev–Trinajstić information content (AvgIpc) is 2.51. The first-order chi connectivity index (χ1) is 10.9. The summed E-state index contributed by atoms with van der Waals surface area (Å²) >= 11 is 0. The molecule has 22 heavy (non-hydrogen) atoms. The molecule has 1 aliphatic rings. The fourth-order valence-corrected chi connectivity index (χ4v) is 3.10. The predicted molar refractivity (Wildman–Crippen MR) is 97.5 cm³/mol. The number of nitrogens with one attached hydrogen (secondary N) is 4. The van der Waals surface area contributed by atoms with Gasteiger partial charge >= 0.3 is 0 Å². The van der Waals surface area contributed by atoms with Gasteiger partial charge in [0.25, 0.3) is 0 Å². The number of hydrogen-bond acceptors (Lipinski definition) is 4. The Bertz CT molecular complexity index is 211. The summed E-state index contributed by atoms with van der Waals surface area (Å²) in [5.41, 5.74) is 0. The maximum absolute atomic E-state index is 3.66. The molecule has 0 aromatic rings. The zero-order valence-electron chi connectivity index (χ0n) is 15.1. The molecule has 2 atom stereocenters. The lowest BCUT2D eigenvalue weighted by Crippen LogP contribution is -2.41. The van der Waals surface area contributed by atoms with Gasteiger partial charge in [-0.3, -0.25) is 0 Å². The zero-order chi connectivity index (χ0) is 15.9. The van der Waals surface area contributed by atoms with Crippen LogP contribution < -0.4 is 21.3 Å². The van der Waals surface area contributed by atoms with E-state index in [1.807, 2.05) is 0 Å². The molecule has 1 aliphatic carbocycles. The van der Waals surface area contributed by atoms with Crippen LogP contribution in [0.3, 0.4) is 0 Å². The van der Waals surface area contributed by atoms with Crippen molar-refractivity contribution < 1.29 is 0 Å². The van der Waals surface area contributed by atoms with E-state index in [2.05, 4.69) is 35.1 Å². The highest BCUT2D eigenvalue weighted by Gasteiger charge is 2.29. The lowest BCUT2D eigenvalue weighted by molar-refractivity contribution is 0.167. The molecule has 132 valence electrons. The third kappa shape index (κ3) is 9.78. The SMILES string of the molecule is CCNCCCCNCC1CCC1CNCCCCNCC. The predicted octanol–water partition coefficient (Wildman–Crippen LogP) is 1.97. The van der Waals surface area contributed by atoms with Crippen LogP contribution in [0, 0.1) is 11.8 Å². The molecule has 0 amide bonds. The molecule has 4 heteroatoms. The van der Waals surface area contributed by atoms with Gasteiger partial charge in [0.15, 0.2) is 0 Å². The quantitative estimate of drug-likeness (QED) is 0.329. The standard InChI is InChI=1S/C18H40N4/c1-3-19-11-5-7-13-21-15-17-9-10-18(17)16-22-14-8-6-12-20-4-2/h17-22H,3-16H2,1-2H3. The number of rotatable bonds is 16. The molecule has 1 fully saturated rings. The van der Waals surface area contributed by atoms with Gasteiger partial charge < -0.3 is 21.3 Å². The Hall–Kier alpha value is -0.160. The molecule has 0 saturated heterocycles. The lowest BCUT2D eigenvalue weighted by atomic mass is 9.73. The fourth-order valence-electron chi connectivity index (χ4n) is 3.10. The molecule has 0 aliphatic heterocycles. The minimum absolute atomic E-state index is 0.919. The highest BCUT2D eigenvalue weighted by Crippen LogP contribution is 2.33. The first-order valence-electron chi connectivity index (χ1n) is 9.71. The smallest absolute Gasteiger partial charge is 0.00174 e. The average molecular weight is 313 g/mol. The van der Waals surface area contributed by atoms with E-state index in [9.17, 15) is 0 Å². The second-order valence-electron chi connectivity index (χ2n) is 6.63. The molecule has 0 radical (unpaired) electrons. The van der Waals surface area contributed by atoms with Crippen LogP contribution in [-0.2, 0) is 0 Å². The molecule has 0 spiro atoms. The Morgan fingerprint density at radius 3 is 1.27 bits per heavy atom. The highest BCUT2D eigenvalue weighted by molar-refractivity contribution is 4.83. The van der Waals surface area contributed by atoms with E-state index in [0.717, 1.165) is 24.9 Å². The van der Waals surface area contributed by atoms with Gasteiger partial charge in [-0.15, -0.1) is 0 Å². The topological polar surface area (TPSA) is 48.1 Å². The van der Waals surface area contributed by atoms with Crippen LogP contribution in [-0.4, -0.2) is 52.4 Å². The van der Waals surface area contributed by atoms with Crippen LogP contribution in [0.15, 0.2) is 0 Å². The molecular formula is C18H40N4. The molecule has 0 aromatic heterocycles. The Morgan fingerprint density at radius 1 is 0.591 bits per heavy atom. The van der Waals surface area contributed by atoms with Crippen molar-refractivity contribution in [2.75, 3.05) is 52.4 Å². The summed E-state index contributed by atoms with van der Waals surface area (Å²) in [6.07, 6.45) is 8.05. The van der Waals surface area contributed by atoms with E-state index in [1.165, 1.54) is 77.8 Å². The van der Waals surface area contributed by atoms with E-state index in [-0.39, 0.29) is 0 Å². The molecule has 2 unspecified atom stereocenters. The minimum atomic E-state index is 0.919. The highest BCUT2D eigenvalue weighted by atomic mass is 14.9. The van der Waals surface area contributed by atoms with E-state index >= 15 is 0 Å². The van der Waals surface area contributed by atoms with Crippen molar-refractivity contribution in [2.45, 2.75) is 52.4 Å². The van der Waals surface area contributed by atoms with Gasteiger partial charge in [-0.05, 0) is 103 Å². The fraction of sp³-hybridized carbons (Fsp3) is 1.00. The van der Waals surface area contributed by atoms with E-state index in [4.69, 9.17) is 0 Å². The van der Waals surface area contributed by atoms with Gasteiger partial charge in [0.1, 0.15) is 0 Å². The van der Waals surface area contributed by atoms with Crippen LogP contribution in [0.5, 0.6) is 0 Å². The van der Waals surface area contributed by atoms with Gasteiger partial charge in [0.2, 0.25) is 0 Å². The number of hydrogen-bond donors (Lipinski definition) is 4. The Balaban J connectivity index is 1.84. The molecule has 4 N–H and O–H groups in total. The van der Waals surface area contributed by atoms with Crippen molar-refractivity contribution in [3.05, 3.63) is 0 Å². The van der Waals surface area contributed by atoms with Crippen molar-refractivity contribution >= 4 is 0 Å². The van der Waals surface area contributed by atoms with Crippen LogP contribution in [0.1, 0.15) is 52.4 Å². The van der Waals surface area contributed by atoms with Crippen molar-refractivity contribution in [1.82, 2.24) is 21.3 Å². The number of unbranched alkanes of at least 4 members (excludes halogenated alkanes) is 2. The monoisotopic (exact) mass is 312 g/mol. The van der Waals surface area contributed by atoms with Crippen molar-refractivity contribution in [2.24, 2.45) is 11.8 Å². The van der Waals surface area contributed by atoms with E-state index < -0.39 is 0 Å². The second-order valence-corrected chi connectivity index (χ2v) is 6.63. The largest absolute Gasteiger partial charge is 0.317 e. The van der Waals surface area contributed by atoms with E-state index in [0.29, 0.717) is 0 Å². The Morgan fingerprint density at radius 2 is 0.955 bits per heavy atom. The molecule has 0 bridgehead atoms. The minimum Gasteiger partial charge on any atom is -0.317 e. The molecule has 0 aromatic carbocycles. The first kappa shape index (κ1) is 19.9. The first-order valence-corrected chi connectivity index (χ1v) is 9.71. The maximum atomic E-state index is 3.66. The Kier molecular flexibility index (Phi) is 13.0. The van der Waals surface area contributed by atoms with Gasteiger partial charge in [0, 0.05) is 0 Å². The summed E-state index contributed by atoms with van der Waals surface area (Å²) in [5.74, 6) is 1.84. The van der Waals surface area contributed by atoms with Crippen molar-refractivity contribution in [1.29, 1.82) is 0 Å².